The standard InChI is InChI=1S/C59H116O5/c1-4-7-10-13-16-19-21-23-25-27-29-31-33-35-37-39-42-45-48-51-54-62-55-57(64-59(61)53-50-47-44-40-18-15-12-9-6-3)56-63-58(60)52-49-46-43-41-38-36-34-32-30-28-26-24-22-20-17-14-11-8-5-2/h57H,4-56H2,1-3H3. The van der Waals surface area contributed by atoms with E-state index < -0.39 is 6.10 Å². The summed E-state index contributed by atoms with van der Waals surface area (Å²) in [6.45, 7) is 7.91. The molecule has 0 radical (unpaired) electrons. The second-order valence-electron chi connectivity index (χ2n) is 20.3. The van der Waals surface area contributed by atoms with Crippen LogP contribution in [0, 0.1) is 0 Å². The largest absolute Gasteiger partial charge is 0.462 e. The van der Waals surface area contributed by atoms with Crippen molar-refractivity contribution in [3.63, 3.8) is 0 Å². The van der Waals surface area contributed by atoms with Crippen LogP contribution in [0.15, 0.2) is 0 Å². The monoisotopic (exact) mass is 905 g/mol. The normalized spacial score (nSPS) is 12.0. The fourth-order valence-corrected chi connectivity index (χ4v) is 9.22. The molecule has 0 aliphatic heterocycles. The van der Waals surface area contributed by atoms with Crippen LogP contribution in [0.4, 0.5) is 0 Å². The molecule has 382 valence electrons. The Morgan fingerprint density at radius 2 is 0.516 bits per heavy atom. The zero-order valence-corrected chi connectivity index (χ0v) is 44.1. The first kappa shape index (κ1) is 62.9. The molecule has 64 heavy (non-hydrogen) atoms. The molecule has 0 rings (SSSR count). The lowest BCUT2D eigenvalue weighted by Gasteiger charge is -2.18. The summed E-state index contributed by atoms with van der Waals surface area (Å²) in [6.07, 6.45) is 64.3. The lowest BCUT2D eigenvalue weighted by molar-refractivity contribution is -0.163. The predicted molar refractivity (Wildman–Crippen MR) is 280 cm³/mol. The maximum Gasteiger partial charge on any atom is 0.306 e. The van der Waals surface area contributed by atoms with E-state index in [1.807, 2.05) is 0 Å². The number of ether oxygens (including phenoxy) is 3. The first-order valence-corrected chi connectivity index (χ1v) is 29.6. The minimum atomic E-state index is -0.523. The van der Waals surface area contributed by atoms with Crippen molar-refractivity contribution in [2.24, 2.45) is 0 Å². The number of carbonyl (C=O) groups is 2. The van der Waals surface area contributed by atoms with Crippen molar-refractivity contribution in [1.29, 1.82) is 0 Å². The molecule has 1 atom stereocenters. The fourth-order valence-electron chi connectivity index (χ4n) is 9.22. The van der Waals surface area contributed by atoms with E-state index >= 15 is 0 Å². The fraction of sp³-hybridized carbons (Fsp3) is 0.966. The van der Waals surface area contributed by atoms with Gasteiger partial charge in [0.1, 0.15) is 6.61 Å². The number of rotatable bonds is 56. The molecule has 5 heteroatoms. The molecule has 0 bridgehead atoms. The molecular weight excluding hydrogens is 789 g/mol. The van der Waals surface area contributed by atoms with Crippen LogP contribution in [0.3, 0.4) is 0 Å². The topological polar surface area (TPSA) is 61.8 Å². The van der Waals surface area contributed by atoms with Gasteiger partial charge in [0, 0.05) is 19.4 Å². The lowest BCUT2D eigenvalue weighted by atomic mass is 10.0. The van der Waals surface area contributed by atoms with Gasteiger partial charge in [-0.2, -0.15) is 0 Å². The van der Waals surface area contributed by atoms with Gasteiger partial charge < -0.3 is 14.2 Å². The lowest BCUT2D eigenvalue weighted by Crippen LogP contribution is -2.30. The predicted octanol–water partition coefficient (Wildman–Crippen LogP) is 20.0. The number of hydrogen-bond acceptors (Lipinski definition) is 5. The summed E-state index contributed by atoms with van der Waals surface area (Å²) in [4.78, 5) is 25.4. The Morgan fingerprint density at radius 1 is 0.281 bits per heavy atom. The third-order valence-electron chi connectivity index (χ3n) is 13.6. The van der Waals surface area contributed by atoms with Crippen LogP contribution in [0.5, 0.6) is 0 Å². The van der Waals surface area contributed by atoms with Gasteiger partial charge in [-0.1, -0.05) is 310 Å². The van der Waals surface area contributed by atoms with Crippen molar-refractivity contribution in [3.05, 3.63) is 0 Å². The Bertz CT molecular complexity index is 891. The maximum atomic E-state index is 12.8. The molecule has 0 aromatic carbocycles. The van der Waals surface area contributed by atoms with Crippen molar-refractivity contribution in [2.45, 2.75) is 348 Å². The summed E-state index contributed by atoms with van der Waals surface area (Å²) in [7, 11) is 0. The Morgan fingerprint density at radius 3 is 0.797 bits per heavy atom. The third-order valence-corrected chi connectivity index (χ3v) is 13.6. The number of unbranched alkanes of at least 4 members (excludes halogenated alkanes) is 45. The van der Waals surface area contributed by atoms with E-state index in [0.29, 0.717) is 26.1 Å². The Kier molecular flexibility index (Phi) is 55.3. The van der Waals surface area contributed by atoms with E-state index in [4.69, 9.17) is 14.2 Å². The Hall–Kier alpha value is -1.10. The third kappa shape index (κ3) is 53.5. The Balaban J connectivity index is 4.04. The van der Waals surface area contributed by atoms with Gasteiger partial charge in [0.25, 0.3) is 0 Å². The quantitative estimate of drug-likeness (QED) is 0.0449. The molecule has 5 nitrogen and oxygen atoms in total. The number of esters is 2. The minimum absolute atomic E-state index is 0.0979. The van der Waals surface area contributed by atoms with Crippen LogP contribution in [-0.2, 0) is 23.8 Å². The van der Waals surface area contributed by atoms with Gasteiger partial charge in [-0.15, -0.1) is 0 Å². The molecule has 0 aromatic heterocycles. The van der Waals surface area contributed by atoms with Gasteiger partial charge >= 0.3 is 11.9 Å². The van der Waals surface area contributed by atoms with Crippen LogP contribution in [0.2, 0.25) is 0 Å². The molecular formula is C59H116O5. The van der Waals surface area contributed by atoms with Crippen molar-refractivity contribution in [3.8, 4) is 0 Å². The van der Waals surface area contributed by atoms with Crippen molar-refractivity contribution in [1.82, 2.24) is 0 Å². The molecule has 0 heterocycles. The summed E-state index contributed by atoms with van der Waals surface area (Å²) < 4.78 is 17.5. The average molecular weight is 906 g/mol. The van der Waals surface area contributed by atoms with Crippen LogP contribution in [-0.4, -0.2) is 37.9 Å². The first-order valence-electron chi connectivity index (χ1n) is 29.6. The maximum absolute atomic E-state index is 12.8. The summed E-state index contributed by atoms with van der Waals surface area (Å²) in [6, 6.07) is 0. The van der Waals surface area contributed by atoms with Crippen molar-refractivity contribution in [2.75, 3.05) is 19.8 Å². The van der Waals surface area contributed by atoms with Gasteiger partial charge in [0.15, 0.2) is 6.10 Å². The second kappa shape index (κ2) is 56.2. The summed E-state index contributed by atoms with van der Waals surface area (Å²) in [5.41, 5.74) is 0. The Labute approximate surface area is 402 Å². The molecule has 0 N–H and O–H groups in total. The SMILES string of the molecule is CCCCCCCCCCCCCCCCCCCCCCOCC(COC(=O)CCCCCCCCCCCCCCCCCCCCC)OC(=O)CCCCCCCCCCC. The highest BCUT2D eigenvalue weighted by molar-refractivity contribution is 5.70. The molecule has 0 aromatic rings. The molecule has 0 spiro atoms. The van der Waals surface area contributed by atoms with Crippen LogP contribution in [0.1, 0.15) is 342 Å². The molecule has 0 amide bonds. The van der Waals surface area contributed by atoms with Gasteiger partial charge in [-0.25, -0.2) is 0 Å². The smallest absolute Gasteiger partial charge is 0.306 e. The number of hydrogen-bond donors (Lipinski definition) is 0. The van der Waals surface area contributed by atoms with E-state index in [2.05, 4.69) is 20.8 Å². The number of carbonyl (C=O) groups excluding carboxylic acids is 2. The van der Waals surface area contributed by atoms with Gasteiger partial charge in [-0.3, -0.25) is 9.59 Å². The minimum Gasteiger partial charge on any atom is -0.462 e. The molecule has 0 aliphatic rings. The van der Waals surface area contributed by atoms with Gasteiger partial charge in [-0.05, 0) is 19.3 Å². The van der Waals surface area contributed by atoms with Gasteiger partial charge in [0.2, 0.25) is 0 Å². The van der Waals surface area contributed by atoms with E-state index in [9.17, 15) is 9.59 Å². The average Bonchev–Trinajstić information content (AvgIpc) is 3.30. The van der Waals surface area contributed by atoms with E-state index in [-0.39, 0.29) is 18.5 Å². The van der Waals surface area contributed by atoms with Crippen LogP contribution >= 0.6 is 0 Å². The van der Waals surface area contributed by atoms with Crippen molar-refractivity contribution < 1.29 is 23.8 Å². The molecule has 1 unspecified atom stereocenters. The highest BCUT2D eigenvalue weighted by Crippen LogP contribution is 2.18. The second-order valence-corrected chi connectivity index (χ2v) is 20.3. The molecule has 0 saturated heterocycles. The van der Waals surface area contributed by atoms with E-state index in [1.54, 1.807) is 0 Å². The van der Waals surface area contributed by atoms with E-state index in [0.717, 1.165) is 32.1 Å². The first-order chi connectivity index (χ1) is 31.6. The molecule has 0 fully saturated rings. The van der Waals surface area contributed by atoms with Crippen LogP contribution in [0.25, 0.3) is 0 Å². The summed E-state index contributed by atoms with van der Waals surface area (Å²) in [5.74, 6) is -0.369. The van der Waals surface area contributed by atoms with Gasteiger partial charge in [0.05, 0.1) is 6.61 Å². The molecule has 0 saturated carbocycles. The zero-order valence-electron chi connectivity index (χ0n) is 44.1. The molecule has 0 aliphatic carbocycles. The zero-order chi connectivity index (χ0) is 46.3. The van der Waals surface area contributed by atoms with Crippen molar-refractivity contribution >= 4 is 11.9 Å². The van der Waals surface area contributed by atoms with E-state index in [1.165, 1.54) is 276 Å². The van der Waals surface area contributed by atoms with Crippen LogP contribution < -0.4 is 0 Å². The highest BCUT2D eigenvalue weighted by atomic mass is 16.6. The summed E-state index contributed by atoms with van der Waals surface area (Å²) >= 11 is 0. The summed E-state index contributed by atoms with van der Waals surface area (Å²) in [5, 5.41) is 0. The highest BCUT2D eigenvalue weighted by Gasteiger charge is 2.18.